The van der Waals surface area contributed by atoms with Gasteiger partial charge in [-0.1, -0.05) is 12.1 Å². The average Bonchev–Trinajstić information content (AvgIpc) is 3.26. The number of aliphatic hydroxyl groups excluding tert-OH is 1. The summed E-state index contributed by atoms with van der Waals surface area (Å²) in [5.41, 5.74) is -0.0674. The molecule has 0 aliphatic carbocycles. The summed E-state index contributed by atoms with van der Waals surface area (Å²) in [4.78, 5) is 62.3. The van der Waals surface area contributed by atoms with E-state index in [9.17, 15) is 34.2 Å². The standard InChI is InChI=1S/C24H22N6O9S2/c1-39-13-4-2-3-11(7-13)19(33)20(34)25-17-21(35)29-18(23(36)37)12(10-41-22(17)29)9-40-15-6-5-14-26-28(8-16(31)32)24(38)30(14)27-15/h2-7,17,19,22,33H,8-10H2,1H3,(H,25,34)(H,31,32)(H,36,37)/t17?,19?,22-/m0/s1. The molecule has 0 radical (unpaired) electrons. The molecule has 0 spiro atoms. The highest BCUT2D eigenvalue weighted by Crippen LogP contribution is 2.41. The molecule has 214 valence electrons. The molecule has 2 aromatic heterocycles. The highest BCUT2D eigenvalue weighted by atomic mass is 32.2. The van der Waals surface area contributed by atoms with E-state index in [0.717, 1.165) is 25.9 Å². The Morgan fingerprint density at radius 3 is 2.68 bits per heavy atom. The van der Waals surface area contributed by atoms with E-state index in [0.29, 0.717) is 16.3 Å². The first-order chi connectivity index (χ1) is 19.6. The molecule has 4 heterocycles. The number of benzene rings is 1. The van der Waals surface area contributed by atoms with E-state index < -0.39 is 53.5 Å². The molecule has 3 aromatic rings. The number of carboxylic acids is 2. The molecular formula is C24H22N6O9S2. The first-order valence-electron chi connectivity index (χ1n) is 11.9. The Balaban J connectivity index is 1.28. The van der Waals surface area contributed by atoms with E-state index in [4.69, 9.17) is 9.84 Å². The summed E-state index contributed by atoms with van der Waals surface area (Å²) in [6, 6.07) is 8.33. The molecule has 2 amide bonds. The van der Waals surface area contributed by atoms with Gasteiger partial charge in [-0.15, -0.1) is 28.6 Å². The number of methoxy groups -OCH3 is 1. The maximum absolute atomic E-state index is 13.0. The number of rotatable bonds is 10. The van der Waals surface area contributed by atoms with Crippen molar-refractivity contribution >= 4 is 52.9 Å². The van der Waals surface area contributed by atoms with E-state index in [1.165, 1.54) is 37.1 Å². The number of ether oxygens (including phenoxy) is 1. The van der Waals surface area contributed by atoms with Crippen LogP contribution < -0.4 is 15.7 Å². The quantitative estimate of drug-likeness (QED) is 0.172. The molecule has 0 saturated carbocycles. The molecule has 15 nitrogen and oxygen atoms in total. The number of nitrogens with one attached hydrogen (secondary N) is 1. The van der Waals surface area contributed by atoms with E-state index >= 15 is 0 Å². The molecular weight excluding hydrogens is 580 g/mol. The zero-order valence-electron chi connectivity index (χ0n) is 21.2. The fourth-order valence-electron chi connectivity index (χ4n) is 4.35. The molecule has 2 aliphatic heterocycles. The van der Waals surface area contributed by atoms with Gasteiger partial charge in [0.1, 0.15) is 34.4 Å². The number of carboxylic acid groups (broad SMARTS) is 2. The van der Waals surface area contributed by atoms with Gasteiger partial charge in [-0.05, 0) is 35.4 Å². The van der Waals surface area contributed by atoms with Crippen molar-refractivity contribution < 1.29 is 39.2 Å². The van der Waals surface area contributed by atoms with Crippen LogP contribution in [0, 0.1) is 0 Å². The third-order valence-electron chi connectivity index (χ3n) is 6.30. The predicted molar refractivity (Wildman–Crippen MR) is 143 cm³/mol. The fourth-order valence-corrected chi connectivity index (χ4v) is 6.69. The van der Waals surface area contributed by atoms with E-state index in [1.807, 2.05) is 0 Å². The Morgan fingerprint density at radius 2 is 1.98 bits per heavy atom. The molecule has 41 heavy (non-hydrogen) atoms. The van der Waals surface area contributed by atoms with Crippen molar-refractivity contribution in [2.75, 3.05) is 18.6 Å². The number of hydrogen-bond donors (Lipinski definition) is 4. The smallest absolute Gasteiger partial charge is 0.367 e. The second kappa shape index (κ2) is 11.3. The number of thioether (sulfide) groups is 2. The summed E-state index contributed by atoms with van der Waals surface area (Å²) in [5.74, 6) is -3.15. The molecule has 4 N–H and O–H groups in total. The summed E-state index contributed by atoms with van der Waals surface area (Å²) >= 11 is 2.40. The van der Waals surface area contributed by atoms with Gasteiger partial charge in [-0.3, -0.25) is 19.3 Å². The lowest BCUT2D eigenvalue weighted by Gasteiger charge is -2.49. The maximum Gasteiger partial charge on any atom is 0.367 e. The van der Waals surface area contributed by atoms with Crippen LogP contribution in [0.15, 0.2) is 57.5 Å². The lowest BCUT2D eigenvalue weighted by molar-refractivity contribution is -0.151. The van der Waals surface area contributed by atoms with Crippen LogP contribution in [0.1, 0.15) is 11.7 Å². The molecule has 2 aliphatic rings. The number of β-lactam (4-membered cyclic amide) rings is 1. The number of fused-ring (bicyclic) bond motifs is 2. The van der Waals surface area contributed by atoms with Gasteiger partial charge < -0.3 is 25.4 Å². The second-order valence-corrected chi connectivity index (χ2v) is 11.0. The number of hydrogen-bond acceptors (Lipinski definition) is 11. The molecule has 5 rings (SSSR count). The van der Waals surface area contributed by atoms with E-state index in [1.54, 1.807) is 18.2 Å². The van der Waals surface area contributed by atoms with Gasteiger partial charge in [0.05, 0.1) is 7.11 Å². The Kier molecular flexibility index (Phi) is 7.74. The highest BCUT2D eigenvalue weighted by Gasteiger charge is 2.54. The third-order valence-corrected chi connectivity index (χ3v) is 8.65. The van der Waals surface area contributed by atoms with Crippen LogP contribution in [-0.4, -0.2) is 93.4 Å². The summed E-state index contributed by atoms with van der Waals surface area (Å²) < 4.78 is 6.82. The molecule has 1 aromatic carbocycles. The Labute approximate surface area is 238 Å². The normalized spacial score (nSPS) is 19.0. The largest absolute Gasteiger partial charge is 0.497 e. The van der Waals surface area contributed by atoms with Crippen molar-refractivity contribution in [1.82, 2.24) is 29.6 Å². The number of nitrogens with zero attached hydrogens (tertiary/aromatic N) is 5. The van der Waals surface area contributed by atoms with Crippen LogP contribution in [0.4, 0.5) is 0 Å². The molecule has 2 unspecified atom stereocenters. The van der Waals surface area contributed by atoms with Crippen LogP contribution in [-0.2, 0) is 25.7 Å². The van der Waals surface area contributed by atoms with Crippen LogP contribution in [0.25, 0.3) is 5.65 Å². The monoisotopic (exact) mass is 602 g/mol. The van der Waals surface area contributed by atoms with Gasteiger partial charge in [0.2, 0.25) is 0 Å². The van der Waals surface area contributed by atoms with Crippen molar-refractivity contribution in [2.24, 2.45) is 0 Å². The fraction of sp³-hybridized carbons (Fsp3) is 0.292. The third kappa shape index (κ3) is 5.38. The number of amides is 2. The van der Waals surface area contributed by atoms with Gasteiger partial charge in [-0.2, -0.15) is 14.3 Å². The van der Waals surface area contributed by atoms with E-state index in [-0.39, 0.29) is 28.4 Å². The van der Waals surface area contributed by atoms with Gasteiger partial charge in [0.15, 0.2) is 11.8 Å². The van der Waals surface area contributed by atoms with Crippen molar-refractivity contribution in [3.63, 3.8) is 0 Å². The van der Waals surface area contributed by atoms with Crippen molar-refractivity contribution in [3.05, 3.63) is 63.7 Å². The van der Waals surface area contributed by atoms with Gasteiger partial charge in [-0.25, -0.2) is 9.59 Å². The number of carbonyl (C=O) groups excluding carboxylic acids is 2. The minimum atomic E-state index is -1.56. The Morgan fingerprint density at radius 1 is 1.20 bits per heavy atom. The first kappa shape index (κ1) is 28.2. The van der Waals surface area contributed by atoms with Gasteiger partial charge >= 0.3 is 17.6 Å². The Bertz CT molecular complexity index is 1670. The van der Waals surface area contributed by atoms with Crippen molar-refractivity contribution in [3.8, 4) is 5.75 Å². The lowest BCUT2D eigenvalue weighted by Crippen LogP contribution is -2.70. The minimum Gasteiger partial charge on any atom is -0.497 e. The zero-order chi connectivity index (χ0) is 29.4. The van der Waals surface area contributed by atoms with Crippen molar-refractivity contribution in [1.29, 1.82) is 0 Å². The molecule has 1 fully saturated rings. The van der Waals surface area contributed by atoms with Crippen molar-refractivity contribution in [2.45, 2.75) is 29.1 Å². The molecule has 3 atom stereocenters. The van der Waals surface area contributed by atoms with Gasteiger partial charge in [0, 0.05) is 11.5 Å². The summed E-state index contributed by atoms with van der Waals surface area (Å²) in [7, 11) is 1.45. The SMILES string of the molecule is COc1cccc(C(O)C(=O)NC2C(=O)N3C(C(=O)O)=C(CSc4ccc5nn(CC(=O)O)c(=O)n5n4)CS[C@@H]23)c1. The highest BCUT2D eigenvalue weighted by molar-refractivity contribution is 8.01. The predicted octanol–water partition coefficient (Wildman–Crippen LogP) is -0.451. The first-order valence-corrected chi connectivity index (χ1v) is 14.0. The van der Waals surface area contributed by atoms with Gasteiger partial charge in [0.25, 0.3) is 11.8 Å². The molecule has 17 heteroatoms. The topological polar surface area (TPSA) is 206 Å². The number of aromatic nitrogens is 4. The summed E-state index contributed by atoms with van der Waals surface area (Å²) in [6.07, 6.45) is -1.56. The van der Waals surface area contributed by atoms with Crippen LogP contribution in [0.5, 0.6) is 5.75 Å². The van der Waals surface area contributed by atoms with Crippen LogP contribution in [0.2, 0.25) is 0 Å². The maximum atomic E-state index is 13.0. The summed E-state index contributed by atoms with van der Waals surface area (Å²) in [5, 5.41) is 39.6. The lowest BCUT2D eigenvalue weighted by atomic mass is 10.0. The minimum absolute atomic E-state index is 0.132. The van der Waals surface area contributed by atoms with E-state index in [2.05, 4.69) is 15.5 Å². The Hall–Kier alpha value is -4.35. The van der Waals surface area contributed by atoms with Crippen LogP contribution >= 0.6 is 23.5 Å². The number of aliphatic hydroxyl groups is 1. The second-order valence-electron chi connectivity index (χ2n) is 8.90. The molecule has 0 bridgehead atoms. The number of aliphatic carboxylic acids is 2. The summed E-state index contributed by atoms with van der Waals surface area (Å²) in [6.45, 7) is -0.622. The van der Waals surface area contributed by atoms with Crippen LogP contribution in [0.3, 0.4) is 0 Å². The number of carbonyl (C=O) groups is 4. The molecule has 1 saturated heterocycles. The zero-order valence-corrected chi connectivity index (χ0v) is 22.8. The average molecular weight is 603 g/mol.